The number of nitrogen functional groups attached to an aromatic ring is 1. The Bertz CT molecular complexity index is 830. The Morgan fingerprint density at radius 1 is 0.952 bits per heavy atom. The Morgan fingerprint density at radius 2 is 1.71 bits per heavy atom. The van der Waals surface area contributed by atoms with E-state index in [0.717, 1.165) is 15.2 Å². The van der Waals surface area contributed by atoms with E-state index in [0.29, 0.717) is 17.1 Å². The predicted molar refractivity (Wildman–Crippen MR) is 89.2 cm³/mol. The second-order valence-corrected chi connectivity index (χ2v) is 5.49. The van der Waals surface area contributed by atoms with E-state index < -0.39 is 0 Å². The van der Waals surface area contributed by atoms with E-state index in [1.807, 2.05) is 48.5 Å². The van der Waals surface area contributed by atoms with Crippen LogP contribution in [0.1, 0.15) is 5.56 Å². The topological polar surface area (TPSA) is 59.1 Å². The van der Waals surface area contributed by atoms with Gasteiger partial charge in [-0.1, -0.05) is 36.4 Å². The summed E-state index contributed by atoms with van der Waals surface area (Å²) in [5.41, 5.74) is 6.19. The molecule has 0 aromatic heterocycles. The lowest BCUT2D eigenvalue weighted by Crippen LogP contribution is -2.13. The van der Waals surface area contributed by atoms with Gasteiger partial charge in [0, 0.05) is 4.47 Å². The third-order valence-corrected chi connectivity index (χ3v) is 3.85. The second kappa shape index (κ2) is 5.58. The van der Waals surface area contributed by atoms with E-state index >= 15 is 0 Å². The van der Waals surface area contributed by atoms with Gasteiger partial charge in [-0.2, -0.15) is 0 Å². The van der Waals surface area contributed by atoms with Crippen molar-refractivity contribution in [3.63, 3.8) is 0 Å². The molecule has 0 radical (unpaired) electrons. The van der Waals surface area contributed by atoms with Crippen LogP contribution in [-0.2, 0) is 0 Å². The highest BCUT2D eigenvalue weighted by Crippen LogP contribution is 2.31. The van der Waals surface area contributed by atoms with Crippen LogP contribution in [0, 0.1) is 5.41 Å². The van der Waals surface area contributed by atoms with Crippen LogP contribution in [0.15, 0.2) is 65.1 Å². The van der Waals surface area contributed by atoms with Gasteiger partial charge in [0.05, 0.1) is 5.56 Å². The van der Waals surface area contributed by atoms with Crippen molar-refractivity contribution >= 4 is 32.5 Å². The van der Waals surface area contributed by atoms with Crippen molar-refractivity contribution in [2.75, 3.05) is 0 Å². The summed E-state index contributed by atoms with van der Waals surface area (Å²) >= 11 is 3.40. The van der Waals surface area contributed by atoms with Crippen LogP contribution in [-0.4, -0.2) is 5.84 Å². The van der Waals surface area contributed by atoms with E-state index in [1.54, 1.807) is 6.07 Å². The zero-order valence-corrected chi connectivity index (χ0v) is 12.7. The lowest BCUT2D eigenvalue weighted by Gasteiger charge is -2.12. The Hall–Kier alpha value is -2.33. The average Bonchev–Trinajstić information content (AvgIpc) is 2.47. The summed E-state index contributed by atoms with van der Waals surface area (Å²) in [6.45, 7) is 0. The molecule has 0 saturated heterocycles. The van der Waals surface area contributed by atoms with Crippen molar-refractivity contribution in [1.82, 2.24) is 0 Å². The fraction of sp³-hybridized carbons (Fsp3) is 0. The SMILES string of the molecule is N=C(N)c1c(Br)cccc1Oc1ccc2ccccc2c1. The number of hydrogen-bond acceptors (Lipinski definition) is 2. The third kappa shape index (κ3) is 2.76. The number of halogens is 1. The first-order valence-corrected chi connectivity index (χ1v) is 7.24. The number of hydrogen-bond donors (Lipinski definition) is 2. The maximum absolute atomic E-state index is 7.68. The van der Waals surface area contributed by atoms with Gasteiger partial charge < -0.3 is 10.5 Å². The van der Waals surface area contributed by atoms with Gasteiger partial charge >= 0.3 is 0 Å². The molecule has 0 aliphatic heterocycles. The van der Waals surface area contributed by atoms with Crippen molar-refractivity contribution < 1.29 is 4.74 Å². The molecular weight excluding hydrogens is 328 g/mol. The molecule has 0 aliphatic rings. The van der Waals surface area contributed by atoms with Gasteiger partial charge in [-0.25, -0.2) is 0 Å². The van der Waals surface area contributed by atoms with Gasteiger partial charge in [-0.3, -0.25) is 5.41 Å². The largest absolute Gasteiger partial charge is 0.457 e. The molecule has 0 fully saturated rings. The van der Waals surface area contributed by atoms with E-state index in [2.05, 4.69) is 22.0 Å². The minimum atomic E-state index is -0.0294. The lowest BCUT2D eigenvalue weighted by molar-refractivity contribution is 0.482. The van der Waals surface area contributed by atoms with Crippen molar-refractivity contribution in [3.8, 4) is 11.5 Å². The predicted octanol–water partition coefficient (Wildman–Crippen LogP) is 4.68. The molecule has 21 heavy (non-hydrogen) atoms. The Kier molecular flexibility index (Phi) is 3.62. The van der Waals surface area contributed by atoms with Crippen molar-refractivity contribution in [2.45, 2.75) is 0 Å². The lowest BCUT2D eigenvalue weighted by atomic mass is 10.1. The zero-order valence-electron chi connectivity index (χ0n) is 11.1. The van der Waals surface area contributed by atoms with Crippen LogP contribution in [0.25, 0.3) is 10.8 Å². The quantitative estimate of drug-likeness (QED) is 0.537. The van der Waals surface area contributed by atoms with Crippen LogP contribution in [0.4, 0.5) is 0 Å². The Morgan fingerprint density at radius 3 is 2.48 bits per heavy atom. The van der Waals surface area contributed by atoms with Crippen molar-refractivity contribution in [2.24, 2.45) is 5.73 Å². The zero-order chi connectivity index (χ0) is 14.8. The fourth-order valence-corrected chi connectivity index (χ4v) is 2.77. The number of benzene rings is 3. The van der Waals surface area contributed by atoms with Crippen LogP contribution in [0.2, 0.25) is 0 Å². The summed E-state index contributed by atoms with van der Waals surface area (Å²) < 4.78 is 6.65. The van der Waals surface area contributed by atoms with E-state index in [-0.39, 0.29) is 5.84 Å². The molecule has 0 bridgehead atoms. The standard InChI is InChI=1S/C17H13BrN2O/c18-14-6-3-7-15(16(14)17(19)20)21-13-9-8-11-4-1-2-5-12(11)10-13/h1-10H,(H3,19,20). The molecule has 3 rings (SSSR count). The van der Waals surface area contributed by atoms with Crippen LogP contribution in [0.5, 0.6) is 11.5 Å². The normalized spacial score (nSPS) is 10.5. The molecule has 4 heteroatoms. The molecule has 0 atom stereocenters. The first-order valence-electron chi connectivity index (χ1n) is 6.45. The minimum Gasteiger partial charge on any atom is -0.457 e. The molecule has 3 nitrogen and oxygen atoms in total. The Labute approximate surface area is 131 Å². The van der Waals surface area contributed by atoms with E-state index in [9.17, 15) is 0 Å². The number of fused-ring (bicyclic) bond motifs is 1. The molecule has 3 aromatic carbocycles. The number of nitrogens with two attached hydrogens (primary N) is 1. The van der Waals surface area contributed by atoms with Crippen LogP contribution in [0.3, 0.4) is 0 Å². The van der Waals surface area contributed by atoms with Crippen molar-refractivity contribution in [1.29, 1.82) is 5.41 Å². The van der Waals surface area contributed by atoms with Gasteiger partial charge in [-0.05, 0) is 51.0 Å². The maximum atomic E-state index is 7.68. The monoisotopic (exact) mass is 340 g/mol. The summed E-state index contributed by atoms with van der Waals surface area (Å²) in [6, 6.07) is 19.5. The number of rotatable bonds is 3. The Balaban J connectivity index is 2.02. The van der Waals surface area contributed by atoms with Gasteiger partial charge in [0.1, 0.15) is 17.3 Å². The summed E-state index contributed by atoms with van der Waals surface area (Å²) in [5, 5.41) is 9.95. The third-order valence-electron chi connectivity index (χ3n) is 3.19. The van der Waals surface area contributed by atoms with Gasteiger partial charge in [-0.15, -0.1) is 0 Å². The molecule has 0 amide bonds. The van der Waals surface area contributed by atoms with Crippen molar-refractivity contribution in [3.05, 3.63) is 70.7 Å². The van der Waals surface area contributed by atoms with Gasteiger partial charge in [0.2, 0.25) is 0 Å². The van der Waals surface area contributed by atoms with Crippen LogP contribution >= 0.6 is 15.9 Å². The maximum Gasteiger partial charge on any atom is 0.139 e. The molecule has 3 aromatic rings. The molecular formula is C17H13BrN2O. The molecule has 0 spiro atoms. The fourth-order valence-electron chi connectivity index (χ4n) is 2.21. The molecule has 0 aliphatic carbocycles. The summed E-state index contributed by atoms with van der Waals surface area (Å²) in [5.74, 6) is 1.25. The highest BCUT2D eigenvalue weighted by atomic mass is 79.9. The molecule has 0 saturated carbocycles. The number of amidine groups is 1. The molecule has 0 unspecified atom stereocenters. The van der Waals surface area contributed by atoms with E-state index in [1.165, 1.54) is 0 Å². The van der Waals surface area contributed by atoms with Crippen LogP contribution < -0.4 is 10.5 Å². The highest BCUT2D eigenvalue weighted by Gasteiger charge is 2.11. The number of ether oxygens (including phenoxy) is 1. The first kappa shape index (κ1) is 13.6. The summed E-state index contributed by atoms with van der Waals surface area (Å²) in [6.07, 6.45) is 0. The summed E-state index contributed by atoms with van der Waals surface area (Å²) in [7, 11) is 0. The minimum absolute atomic E-state index is 0.0294. The molecule has 104 valence electrons. The van der Waals surface area contributed by atoms with Gasteiger partial charge in [0.15, 0.2) is 0 Å². The molecule has 0 heterocycles. The summed E-state index contributed by atoms with van der Waals surface area (Å²) in [4.78, 5) is 0. The second-order valence-electron chi connectivity index (χ2n) is 4.64. The molecule has 3 N–H and O–H groups in total. The highest BCUT2D eigenvalue weighted by molar-refractivity contribution is 9.10. The first-order chi connectivity index (χ1) is 10.1. The number of nitrogens with one attached hydrogen (secondary N) is 1. The van der Waals surface area contributed by atoms with E-state index in [4.69, 9.17) is 15.9 Å². The average molecular weight is 341 g/mol. The smallest absolute Gasteiger partial charge is 0.139 e. The van der Waals surface area contributed by atoms with Gasteiger partial charge in [0.25, 0.3) is 0 Å².